The molecule has 0 radical (unpaired) electrons. The van der Waals surface area contributed by atoms with Crippen LogP contribution in [0.5, 0.6) is 0 Å². The number of hydrogen-bond donors (Lipinski definition) is 2. The number of nitrogens with zero attached hydrogens (tertiary/aromatic N) is 5. The van der Waals surface area contributed by atoms with Crippen molar-refractivity contribution in [3.8, 4) is 0 Å². The zero-order chi connectivity index (χ0) is 22.2. The molecule has 1 unspecified atom stereocenters. The summed E-state index contributed by atoms with van der Waals surface area (Å²) in [7, 11) is 0. The van der Waals surface area contributed by atoms with Crippen molar-refractivity contribution < 1.29 is 8.78 Å². The van der Waals surface area contributed by atoms with Crippen LogP contribution in [0.4, 0.5) is 26.0 Å². The molecule has 4 aromatic rings. The lowest BCUT2D eigenvalue weighted by Crippen LogP contribution is -2.44. The summed E-state index contributed by atoms with van der Waals surface area (Å²) in [5.74, 6) is 0.314. The van der Waals surface area contributed by atoms with Crippen molar-refractivity contribution in [1.29, 1.82) is 0 Å². The van der Waals surface area contributed by atoms with Gasteiger partial charge in [0.2, 0.25) is 0 Å². The molecule has 1 aliphatic heterocycles. The molecular formula is C22H18ClF2N7. The first kappa shape index (κ1) is 20.3. The highest BCUT2D eigenvalue weighted by atomic mass is 35.5. The molecule has 2 N–H and O–H groups in total. The number of benzene rings is 2. The zero-order valence-corrected chi connectivity index (χ0v) is 17.7. The van der Waals surface area contributed by atoms with Crippen LogP contribution in [0.3, 0.4) is 0 Å². The number of halogens is 3. The van der Waals surface area contributed by atoms with Crippen LogP contribution in [-0.4, -0.2) is 31.8 Å². The lowest BCUT2D eigenvalue weighted by molar-refractivity contribution is 0.624. The average molecular weight is 454 g/mol. The van der Waals surface area contributed by atoms with E-state index in [9.17, 15) is 8.78 Å². The number of aromatic nitrogens is 4. The van der Waals surface area contributed by atoms with E-state index in [-0.39, 0.29) is 23.4 Å². The molecule has 32 heavy (non-hydrogen) atoms. The first-order chi connectivity index (χ1) is 15.5. The summed E-state index contributed by atoms with van der Waals surface area (Å²) in [4.78, 5) is 22.3. The van der Waals surface area contributed by atoms with Crippen LogP contribution in [0.1, 0.15) is 18.9 Å². The maximum Gasteiger partial charge on any atom is 0.182 e. The Morgan fingerprint density at radius 3 is 2.88 bits per heavy atom. The van der Waals surface area contributed by atoms with Gasteiger partial charge in [0.25, 0.3) is 0 Å². The topological polar surface area (TPSA) is 82.1 Å². The van der Waals surface area contributed by atoms with Gasteiger partial charge in [-0.1, -0.05) is 24.6 Å². The second-order valence-corrected chi connectivity index (χ2v) is 7.70. The van der Waals surface area contributed by atoms with Crippen LogP contribution in [-0.2, 0) is 6.54 Å². The minimum Gasteiger partial charge on any atom is -0.358 e. The number of nitrogens with one attached hydrogen (secondary N) is 2. The predicted octanol–water partition coefficient (Wildman–Crippen LogP) is 5.23. The minimum atomic E-state index is -0.518. The Morgan fingerprint density at radius 2 is 2.06 bits per heavy atom. The quantitative estimate of drug-likeness (QED) is 0.432. The molecule has 0 bridgehead atoms. The SMILES string of the molecule is CCC(Nc1ncnc2nc[nH]c12)C1=Nc2ccc(F)c(Cl)c2CN1c1cccc(F)c1. The van der Waals surface area contributed by atoms with E-state index in [1.165, 1.54) is 24.5 Å². The lowest BCUT2D eigenvalue weighted by Gasteiger charge is -2.35. The zero-order valence-electron chi connectivity index (χ0n) is 17.0. The Bertz CT molecular complexity index is 1340. The van der Waals surface area contributed by atoms with Gasteiger partial charge in [-0.15, -0.1) is 0 Å². The fraction of sp³-hybridized carbons (Fsp3) is 0.182. The number of anilines is 2. The van der Waals surface area contributed by atoms with Crippen molar-refractivity contribution in [3.05, 3.63) is 71.3 Å². The maximum absolute atomic E-state index is 14.1. The van der Waals surface area contributed by atoms with Crippen molar-refractivity contribution in [2.45, 2.75) is 25.9 Å². The minimum absolute atomic E-state index is 0.0164. The third-order valence-corrected chi connectivity index (χ3v) is 5.78. The maximum atomic E-state index is 14.1. The number of hydrogen-bond acceptors (Lipinski definition) is 6. The molecule has 3 heterocycles. The number of aliphatic imine (C=N–C) groups is 1. The number of amidine groups is 1. The van der Waals surface area contributed by atoms with Crippen LogP contribution in [0, 0.1) is 11.6 Å². The van der Waals surface area contributed by atoms with E-state index >= 15 is 0 Å². The Kier molecular flexibility index (Phi) is 5.18. The van der Waals surface area contributed by atoms with Crippen LogP contribution >= 0.6 is 11.6 Å². The molecule has 2 aromatic carbocycles. The van der Waals surface area contributed by atoms with E-state index in [1.807, 2.05) is 11.8 Å². The van der Waals surface area contributed by atoms with E-state index in [2.05, 4.69) is 25.3 Å². The summed E-state index contributed by atoms with van der Waals surface area (Å²) in [6.07, 6.45) is 3.63. The third kappa shape index (κ3) is 3.54. The molecule has 0 aliphatic carbocycles. The Hall–Kier alpha value is -3.59. The van der Waals surface area contributed by atoms with Gasteiger partial charge in [-0.3, -0.25) is 0 Å². The van der Waals surface area contributed by atoms with E-state index < -0.39 is 5.82 Å². The molecule has 10 heteroatoms. The highest BCUT2D eigenvalue weighted by molar-refractivity contribution is 6.32. The second-order valence-electron chi connectivity index (χ2n) is 7.32. The molecule has 0 amide bonds. The van der Waals surface area contributed by atoms with Gasteiger partial charge in [-0.2, -0.15) is 0 Å². The van der Waals surface area contributed by atoms with Crippen LogP contribution in [0.15, 0.2) is 54.0 Å². The van der Waals surface area contributed by atoms with Crippen LogP contribution < -0.4 is 10.2 Å². The van der Waals surface area contributed by atoms with Crippen molar-refractivity contribution in [1.82, 2.24) is 19.9 Å². The predicted molar refractivity (Wildman–Crippen MR) is 120 cm³/mol. The Balaban J connectivity index is 1.61. The summed E-state index contributed by atoms with van der Waals surface area (Å²) in [6, 6.07) is 8.79. The molecule has 1 aliphatic rings. The van der Waals surface area contributed by atoms with Gasteiger partial charge in [-0.05, 0) is 36.8 Å². The number of fused-ring (bicyclic) bond motifs is 2. The van der Waals surface area contributed by atoms with Crippen LogP contribution in [0.2, 0.25) is 5.02 Å². The van der Waals surface area contributed by atoms with Gasteiger partial charge >= 0.3 is 0 Å². The molecule has 162 valence electrons. The Labute approximate surface area is 187 Å². The Morgan fingerprint density at radius 1 is 1.19 bits per heavy atom. The summed E-state index contributed by atoms with van der Waals surface area (Å²) >= 11 is 6.25. The molecule has 2 aromatic heterocycles. The summed E-state index contributed by atoms with van der Waals surface area (Å²) in [6.45, 7) is 2.25. The normalized spacial score (nSPS) is 14.2. The van der Waals surface area contributed by atoms with Gasteiger partial charge in [0, 0.05) is 11.3 Å². The average Bonchev–Trinajstić information content (AvgIpc) is 3.29. The number of aromatic amines is 1. The number of rotatable bonds is 5. The fourth-order valence-electron chi connectivity index (χ4n) is 3.78. The highest BCUT2D eigenvalue weighted by Gasteiger charge is 2.30. The molecule has 0 fully saturated rings. The lowest BCUT2D eigenvalue weighted by atomic mass is 10.0. The molecule has 5 rings (SSSR count). The molecule has 1 atom stereocenters. The van der Waals surface area contributed by atoms with E-state index in [1.54, 1.807) is 24.5 Å². The number of H-pyrrole nitrogens is 1. The van der Waals surface area contributed by atoms with Crippen molar-refractivity contribution in [3.63, 3.8) is 0 Å². The van der Waals surface area contributed by atoms with Gasteiger partial charge in [0.15, 0.2) is 11.5 Å². The van der Waals surface area contributed by atoms with Gasteiger partial charge in [-0.25, -0.2) is 28.7 Å². The third-order valence-electron chi connectivity index (χ3n) is 5.37. The molecule has 0 spiro atoms. The standard InChI is InChI=1S/C22H18ClF2N7/c1-2-16(30-21-19-20(27-10-26-19)28-11-29-21)22-31-17-7-6-15(25)18(23)14(17)9-32(22)13-5-3-4-12(24)8-13/h3-8,10-11,16H,2,9H2,1H3,(H2,26,27,28,29,30). The summed E-state index contributed by atoms with van der Waals surface area (Å²) in [5, 5.41) is 3.42. The van der Waals surface area contributed by atoms with Crippen molar-refractivity contribution in [2.75, 3.05) is 10.2 Å². The molecule has 7 nitrogen and oxygen atoms in total. The van der Waals surface area contributed by atoms with Crippen LogP contribution in [0.25, 0.3) is 11.2 Å². The second kappa shape index (κ2) is 8.16. The van der Waals surface area contributed by atoms with E-state index in [0.717, 1.165) is 0 Å². The highest BCUT2D eigenvalue weighted by Crippen LogP contribution is 2.37. The van der Waals surface area contributed by atoms with E-state index in [4.69, 9.17) is 16.6 Å². The summed E-state index contributed by atoms with van der Waals surface area (Å²) < 4.78 is 28.2. The van der Waals surface area contributed by atoms with Gasteiger partial charge in [0.1, 0.15) is 29.3 Å². The summed E-state index contributed by atoms with van der Waals surface area (Å²) in [5.41, 5.74) is 2.92. The fourth-order valence-corrected chi connectivity index (χ4v) is 4.00. The monoisotopic (exact) mass is 453 g/mol. The first-order valence-corrected chi connectivity index (χ1v) is 10.4. The van der Waals surface area contributed by atoms with E-state index in [0.29, 0.717) is 46.2 Å². The van der Waals surface area contributed by atoms with Crippen molar-refractivity contribution >= 4 is 45.8 Å². The largest absolute Gasteiger partial charge is 0.358 e. The molecular weight excluding hydrogens is 436 g/mol. The van der Waals surface area contributed by atoms with Gasteiger partial charge < -0.3 is 15.2 Å². The smallest absolute Gasteiger partial charge is 0.182 e. The first-order valence-electron chi connectivity index (χ1n) is 10.0. The van der Waals surface area contributed by atoms with Crippen molar-refractivity contribution in [2.24, 2.45) is 4.99 Å². The van der Waals surface area contributed by atoms with Gasteiger partial charge in [0.05, 0.1) is 29.6 Å². The number of imidazole rings is 1. The molecule has 0 saturated carbocycles. The molecule has 0 saturated heterocycles.